The van der Waals surface area contributed by atoms with Gasteiger partial charge in [0.15, 0.2) is 0 Å². The largest absolute Gasteiger partial charge is 0.462 e. The number of fused-ring (bicyclic) bond motifs is 1. The Hall–Kier alpha value is -2.25. The lowest BCUT2D eigenvalue weighted by Crippen LogP contribution is -2.05. The first-order valence-corrected chi connectivity index (χ1v) is 9.08. The number of carbonyl (C=O) groups excluding carboxylic acids is 2. The van der Waals surface area contributed by atoms with Gasteiger partial charge < -0.3 is 10.1 Å². The van der Waals surface area contributed by atoms with Crippen molar-refractivity contribution in [2.45, 2.75) is 20.8 Å². The molecule has 0 fully saturated rings. The first kappa shape index (κ1) is 16.6. The smallest absolute Gasteiger partial charge is 0.348 e. The molecule has 0 radical (unpaired) electrons. The van der Waals surface area contributed by atoms with E-state index >= 15 is 0 Å². The molecule has 0 aliphatic rings. The van der Waals surface area contributed by atoms with Crippen molar-refractivity contribution in [3.63, 3.8) is 0 Å². The topological polar surface area (TPSA) is 68.3 Å². The lowest BCUT2D eigenvalue weighted by atomic mass is 10.1. The fourth-order valence-electron chi connectivity index (χ4n) is 2.39. The highest BCUT2D eigenvalue weighted by molar-refractivity contribution is 7.23. The fourth-order valence-corrected chi connectivity index (χ4v) is 4.68. The van der Waals surface area contributed by atoms with Crippen LogP contribution in [0.5, 0.6) is 0 Å². The second-order valence-corrected chi connectivity index (χ2v) is 7.20. The average molecular weight is 360 g/mol. The number of carbonyl (C=O) groups is 2. The number of rotatable bonds is 4. The van der Waals surface area contributed by atoms with E-state index in [2.05, 4.69) is 10.3 Å². The maximum atomic E-state index is 12.2. The summed E-state index contributed by atoms with van der Waals surface area (Å²) < 4.78 is 6.18. The predicted octanol–water partition coefficient (Wildman–Crippen LogP) is 4.47. The summed E-state index contributed by atoms with van der Waals surface area (Å²) in [4.78, 5) is 28.9. The number of thiazole rings is 1. The van der Waals surface area contributed by atoms with Crippen molar-refractivity contribution in [3.8, 4) is 10.6 Å². The molecule has 124 valence electrons. The highest BCUT2D eigenvalue weighted by Crippen LogP contribution is 2.43. The van der Waals surface area contributed by atoms with E-state index in [1.807, 2.05) is 31.2 Å². The average Bonchev–Trinajstić information content (AvgIpc) is 3.07. The minimum Gasteiger partial charge on any atom is -0.462 e. The summed E-state index contributed by atoms with van der Waals surface area (Å²) in [6.45, 7) is 5.38. The molecule has 1 amide bonds. The number of thiophene rings is 1. The molecule has 0 saturated carbocycles. The molecule has 1 N–H and O–H groups in total. The van der Waals surface area contributed by atoms with Crippen LogP contribution in [-0.4, -0.2) is 23.5 Å². The van der Waals surface area contributed by atoms with Crippen LogP contribution in [0.3, 0.4) is 0 Å². The number of benzene rings is 1. The number of esters is 1. The van der Waals surface area contributed by atoms with Crippen molar-refractivity contribution in [2.24, 2.45) is 0 Å². The second kappa shape index (κ2) is 6.70. The Bertz CT molecular complexity index is 894. The SMILES string of the molecule is CCOC(=O)c1sc(NC(C)=O)c(-c2nc3ccccc3s2)c1C. The molecule has 0 bridgehead atoms. The first-order chi connectivity index (χ1) is 11.5. The minimum absolute atomic E-state index is 0.186. The molecule has 0 aliphatic carbocycles. The summed E-state index contributed by atoms with van der Waals surface area (Å²) >= 11 is 2.76. The molecule has 2 aromatic heterocycles. The van der Waals surface area contributed by atoms with E-state index in [1.165, 1.54) is 29.6 Å². The van der Waals surface area contributed by atoms with E-state index in [9.17, 15) is 9.59 Å². The van der Waals surface area contributed by atoms with Gasteiger partial charge in [-0.15, -0.1) is 22.7 Å². The van der Waals surface area contributed by atoms with E-state index in [0.717, 1.165) is 26.4 Å². The quantitative estimate of drug-likeness (QED) is 0.697. The summed E-state index contributed by atoms with van der Waals surface area (Å²) in [6, 6.07) is 7.85. The number of para-hydroxylation sites is 1. The number of nitrogens with zero attached hydrogens (tertiary/aromatic N) is 1. The van der Waals surface area contributed by atoms with E-state index in [-0.39, 0.29) is 11.9 Å². The third-order valence-corrected chi connectivity index (χ3v) is 5.65. The summed E-state index contributed by atoms with van der Waals surface area (Å²) in [5.41, 5.74) is 2.47. The van der Waals surface area contributed by atoms with Gasteiger partial charge in [-0.25, -0.2) is 9.78 Å². The molecule has 5 nitrogen and oxygen atoms in total. The van der Waals surface area contributed by atoms with Gasteiger partial charge in [0, 0.05) is 12.5 Å². The summed E-state index contributed by atoms with van der Waals surface area (Å²) in [5, 5.41) is 4.22. The Kier molecular flexibility index (Phi) is 4.64. The molecule has 0 atom stereocenters. The number of ether oxygens (including phenoxy) is 1. The monoisotopic (exact) mass is 360 g/mol. The zero-order chi connectivity index (χ0) is 17.3. The Balaban J connectivity index is 2.16. The van der Waals surface area contributed by atoms with Crippen LogP contribution in [0.2, 0.25) is 0 Å². The van der Waals surface area contributed by atoms with Crippen LogP contribution in [0.4, 0.5) is 5.00 Å². The molecule has 0 unspecified atom stereocenters. The van der Waals surface area contributed by atoms with Crippen molar-refractivity contribution < 1.29 is 14.3 Å². The Labute approximate surface area is 147 Å². The molecule has 24 heavy (non-hydrogen) atoms. The highest BCUT2D eigenvalue weighted by atomic mass is 32.1. The summed E-state index contributed by atoms with van der Waals surface area (Å²) in [7, 11) is 0. The highest BCUT2D eigenvalue weighted by Gasteiger charge is 2.24. The van der Waals surface area contributed by atoms with Crippen LogP contribution in [-0.2, 0) is 9.53 Å². The number of amides is 1. The van der Waals surface area contributed by atoms with Gasteiger partial charge in [-0.2, -0.15) is 0 Å². The van der Waals surface area contributed by atoms with Gasteiger partial charge in [0.2, 0.25) is 5.91 Å². The zero-order valence-electron chi connectivity index (χ0n) is 13.5. The molecular weight excluding hydrogens is 344 g/mol. The van der Waals surface area contributed by atoms with Crippen LogP contribution in [0, 0.1) is 6.92 Å². The molecule has 7 heteroatoms. The first-order valence-electron chi connectivity index (χ1n) is 7.45. The predicted molar refractivity (Wildman–Crippen MR) is 97.9 cm³/mol. The Morgan fingerprint density at radius 2 is 2.00 bits per heavy atom. The Morgan fingerprint density at radius 1 is 1.25 bits per heavy atom. The summed E-state index contributed by atoms with van der Waals surface area (Å²) in [5.74, 6) is -0.562. The van der Waals surface area contributed by atoms with Gasteiger partial charge in [-0.1, -0.05) is 12.1 Å². The van der Waals surface area contributed by atoms with E-state index in [1.54, 1.807) is 6.92 Å². The number of hydrogen-bond acceptors (Lipinski definition) is 6. The molecule has 0 aliphatic heterocycles. The second-order valence-electron chi connectivity index (χ2n) is 5.15. The standard InChI is InChI=1S/C17H16N2O3S2/c1-4-22-17(21)14-9(2)13(15(24-14)18-10(3)20)16-19-11-7-5-6-8-12(11)23-16/h5-8H,4H2,1-3H3,(H,18,20). The van der Waals surface area contributed by atoms with Crippen molar-refractivity contribution in [1.29, 1.82) is 0 Å². The molecule has 2 heterocycles. The van der Waals surface area contributed by atoms with Gasteiger partial charge in [0.25, 0.3) is 0 Å². The molecule has 3 aromatic rings. The fraction of sp³-hybridized carbons (Fsp3) is 0.235. The van der Waals surface area contributed by atoms with Crippen LogP contribution in [0.25, 0.3) is 20.8 Å². The number of aromatic nitrogens is 1. The Morgan fingerprint density at radius 3 is 2.67 bits per heavy atom. The van der Waals surface area contributed by atoms with Gasteiger partial charge in [0.1, 0.15) is 14.9 Å². The lowest BCUT2D eigenvalue weighted by Gasteiger charge is -2.02. The minimum atomic E-state index is -0.376. The maximum absolute atomic E-state index is 12.2. The molecule has 0 spiro atoms. The van der Waals surface area contributed by atoms with Crippen molar-refractivity contribution >= 4 is 49.8 Å². The third kappa shape index (κ3) is 3.05. The van der Waals surface area contributed by atoms with Gasteiger partial charge >= 0.3 is 5.97 Å². The van der Waals surface area contributed by atoms with E-state index in [0.29, 0.717) is 16.5 Å². The van der Waals surface area contributed by atoms with Crippen molar-refractivity contribution in [2.75, 3.05) is 11.9 Å². The third-order valence-electron chi connectivity index (χ3n) is 3.40. The van der Waals surface area contributed by atoms with Gasteiger partial charge in [-0.3, -0.25) is 4.79 Å². The van der Waals surface area contributed by atoms with Crippen LogP contribution in [0.15, 0.2) is 24.3 Å². The van der Waals surface area contributed by atoms with Crippen LogP contribution >= 0.6 is 22.7 Å². The van der Waals surface area contributed by atoms with Crippen LogP contribution < -0.4 is 5.32 Å². The van der Waals surface area contributed by atoms with Crippen molar-refractivity contribution in [3.05, 3.63) is 34.7 Å². The normalized spacial score (nSPS) is 10.8. The van der Waals surface area contributed by atoms with Gasteiger partial charge in [-0.05, 0) is 31.5 Å². The zero-order valence-corrected chi connectivity index (χ0v) is 15.1. The van der Waals surface area contributed by atoms with Gasteiger partial charge in [0.05, 0.1) is 16.8 Å². The van der Waals surface area contributed by atoms with E-state index < -0.39 is 0 Å². The number of hydrogen-bond donors (Lipinski definition) is 1. The lowest BCUT2D eigenvalue weighted by molar-refractivity contribution is -0.114. The van der Waals surface area contributed by atoms with Crippen LogP contribution in [0.1, 0.15) is 29.1 Å². The number of anilines is 1. The molecule has 3 rings (SSSR count). The van der Waals surface area contributed by atoms with E-state index in [4.69, 9.17) is 4.74 Å². The molecular formula is C17H16N2O3S2. The molecule has 0 saturated heterocycles. The van der Waals surface area contributed by atoms with Crippen molar-refractivity contribution in [1.82, 2.24) is 4.98 Å². The number of nitrogens with one attached hydrogen (secondary N) is 1. The molecule has 1 aromatic carbocycles. The maximum Gasteiger partial charge on any atom is 0.348 e. The summed E-state index contributed by atoms with van der Waals surface area (Å²) in [6.07, 6.45) is 0.